The zero-order valence-corrected chi connectivity index (χ0v) is 23.3. The van der Waals surface area contributed by atoms with Gasteiger partial charge in [-0.1, -0.05) is 0 Å². The normalized spacial score (nSPS) is 15.2. The van der Waals surface area contributed by atoms with E-state index < -0.39 is 18.8 Å². The SMILES string of the molecule is Cl.Cl.[CH3][Zr]([C]1=CC=CC1)([c]1ccccc1)([c]1ccccc1)[CH]1c2ccccc2-c2ccccc21. The topological polar surface area (TPSA) is 0 Å². The second-order valence-electron chi connectivity index (χ2n) is 9.51. The molecule has 0 saturated heterocycles. The third-order valence-electron chi connectivity index (χ3n) is 8.19. The minimum absolute atomic E-state index is 0. The summed E-state index contributed by atoms with van der Waals surface area (Å²) in [7, 11) is 0. The van der Waals surface area contributed by atoms with Crippen LogP contribution in [0.25, 0.3) is 11.1 Å². The Kier molecular flexibility index (Phi) is 6.94. The van der Waals surface area contributed by atoms with Crippen molar-refractivity contribution in [2.75, 3.05) is 0 Å². The van der Waals surface area contributed by atoms with E-state index in [1.54, 1.807) is 9.82 Å². The van der Waals surface area contributed by atoms with E-state index in [1.807, 2.05) is 0 Å². The number of fused-ring (bicyclic) bond motifs is 3. The molecule has 2 aliphatic rings. The van der Waals surface area contributed by atoms with Crippen LogP contribution in [-0.4, -0.2) is 0 Å². The number of rotatable bonds is 4. The summed E-state index contributed by atoms with van der Waals surface area (Å²) in [4.78, 5) is 0. The zero-order valence-electron chi connectivity index (χ0n) is 19.2. The number of halogens is 2. The van der Waals surface area contributed by atoms with Crippen molar-refractivity contribution >= 4 is 31.4 Å². The molecule has 0 aromatic heterocycles. The van der Waals surface area contributed by atoms with Crippen molar-refractivity contribution in [1.82, 2.24) is 0 Å². The van der Waals surface area contributed by atoms with E-state index in [-0.39, 0.29) is 24.8 Å². The molecule has 0 atom stereocenters. The zero-order chi connectivity index (χ0) is 21.6. The molecule has 0 heterocycles. The standard InChI is InChI=1S/C13H9.2C6H5.C5H5.CH3.2ClH.Zr/c1-3-7-12-10(5-1)9-11-6-2-4-8-13(11)12;2*1-2-4-6-5-3-1;1-2-4-5-3-1;;;;/h1-9H;2*1-5H;1-3H,4H2;1H3;2*1H;. The summed E-state index contributed by atoms with van der Waals surface area (Å²) < 4.78 is 7.83. The maximum atomic E-state index is 2.70. The van der Waals surface area contributed by atoms with Gasteiger partial charge in [0.25, 0.3) is 0 Å². The van der Waals surface area contributed by atoms with Crippen molar-refractivity contribution in [3.05, 3.63) is 142 Å². The summed E-state index contributed by atoms with van der Waals surface area (Å²) in [5.41, 5.74) is 5.83. The van der Waals surface area contributed by atoms with Gasteiger partial charge in [-0.05, 0) is 0 Å². The summed E-state index contributed by atoms with van der Waals surface area (Å²) in [6, 6.07) is 41.2. The van der Waals surface area contributed by atoms with E-state index in [0.29, 0.717) is 3.63 Å². The Morgan fingerprint density at radius 3 is 1.47 bits per heavy atom. The minimum atomic E-state index is -4.20. The van der Waals surface area contributed by atoms with Crippen LogP contribution in [0.5, 0.6) is 0 Å². The summed E-state index contributed by atoms with van der Waals surface area (Å²) in [5.74, 6) is 0. The molecule has 0 spiro atoms. The van der Waals surface area contributed by atoms with Gasteiger partial charge in [-0.3, -0.25) is 0 Å². The molecular weight excluding hydrogens is 534 g/mol. The molecule has 0 fully saturated rings. The molecule has 0 unspecified atom stereocenters. The van der Waals surface area contributed by atoms with Crippen molar-refractivity contribution in [3.8, 4) is 11.1 Å². The molecule has 0 saturated carbocycles. The first kappa shape index (κ1) is 24.9. The van der Waals surface area contributed by atoms with Gasteiger partial charge in [0, 0.05) is 0 Å². The summed E-state index contributed by atoms with van der Waals surface area (Å²) >= 11 is -4.20. The van der Waals surface area contributed by atoms with Crippen molar-refractivity contribution in [3.63, 3.8) is 0 Å². The molecule has 0 radical (unpaired) electrons. The summed E-state index contributed by atoms with van der Waals surface area (Å²) in [6.45, 7) is 0. The molecular formula is C31H29Cl2Zr. The molecule has 4 aromatic rings. The van der Waals surface area contributed by atoms with Gasteiger partial charge in [0.2, 0.25) is 0 Å². The van der Waals surface area contributed by atoms with Gasteiger partial charge in [-0.25, -0.2) is 0 Å². The van der Waals surface area contributed by atoms with Crippen LogP contribution in [0.15, 0.2) is 131 Å². The first-order valence-corrected chi connectivity index (χ1v) is 19.1. The monoisotopic (exact) mass is 561 g/mol. The predicted molar refractivity (Wildman–Crippen MR) is 148 cm³/mol. The summed E-state index contributed by atoms with van der Waals surface area (Å²) in [6.07, 6.45) is 8.14. The van der Waals surface area contributed by atoms with Gasteiger partial charge in [0.05, 0.1) is 0 Å². The van der Waals surface area contributed by atoms with Crippen molar-refractivity contribution in [1.29, 1.82) is 0 Å². The molecule has 2 aliphatic carbocycles. The van der Waals surface area contributed by atoms with E-state index >= 15 is 0 Å². The predicted octanol–water partition coefficient (Wildman–Crippen LogP) is 7.83. The fourth-order valence-electron chi connectivity index (χ4n) is 6.65. The van der Waals surface area contributed by atoms with Crippen molar-refractivity contribution in [2.24, 2.45) is 0 Å². The van der Waals surface area contributed by atoms with Gasteiger partial charge in [0.1, 0.15) is 0 Å². The van der Waals surface area contributed by atoms with Gasteiger partial charge < -0.3 is 0 Å². The maximum absolute atomic E-state index is 4.20. The molecule has 3 heteroatoms. The first-order valence-electron chi connectivity index (χ1n) is 11.6. The molecule has 0 amide bonds. The molecule has 171 valence electrons. The van der Waals surface area contributed by atoms with Gasteiger partial charge in [0.15, 0.2) is 0 Å². The molecule has 34 heavy (non-hydrogen) atoms. The number of benzene rings is 4. The molecule has 6 rings (SSSR count). The third-order valence-corrected chi connectivity index (χ3v) is 27.2. The Labute approximate surface area is 216 Å². The quantitative estimate of drug-likeness (QED) is 0.237. The van der Waals surface area contributed by atoms with Crippen LogP contribution in [0.2, 0.25) is 4.63 Å². The molecule has 0 N–H and O–H groups in total. The summed E-state index contributed by atoms with van der Waals surface area (Å²) in [5, 5.41) is 0. The van der Waals surface area contributed by atoms with Crippen molar-refractivity contribution < 1.29 is 18.8 Å². The van der Waals surface area contributed by atoms with E-state index in [4.69, 9.17) is 0 Å². The van der Waals surface area contributed by atoms with Crippen LogP contribution >= 0.6 is 24.8 Å². The van der Waals surface area contributed by atoms with Gasteiger partial charge in [-0.2, -0.15) is 0 Å². The average molecular weight is 564 g/mol. The van der Waals surface area contributed by atoms with Gasteiger partial charge in [-0.15, -0.1) is 24.8 Å². The number of hydrogen-bond donors (Lipinski definition) is 0. The van der Waals surface area contributed by atoms with E-state index in [2.05, 4.69) is 132 Å². The van der Waals surface area contributed by atoms with Crippen LogP contribution in [0.1, 0.15) is 21.2 Å². The van der Waals surface area contributed by atoms with Crippen LogP contribution < -0.4 is 6.54 Å². The van der Waals surface area contributed by atoms with Crippen LogP contribution in [-0.2, 0) is 18.8 Å². The van der Waals surface area contributed by atoms with E-state index in [1.165, 1.54) is 22.3 Å². The second-order valence-corrected chi connectivity index (χ2v) is 24.4. The van der Waals surface area contributed by atoms with Gasteiger partial charge >= 0.3 is 193 Å². The van der Waals surface area contributed by atoms with E-state index in [9.17, 15) is 0 Å². The Balaban J connectivity index is 0.00000137. The number of allylic oxidation sites excluding steroid dienone is 4. The first-order chi connectivity index (χ1) is 15.7. The van der Waals surface area contributed by atoms with E-state index in [0.717, 1.165) is 6.42 Å². The van der Waals surface area contributed by atoms with Crippen LogP contribution in [0.4, 0.5) is 0 Å². The third kappa shape index (κ3) is 3.29. The second kappa shape index (κ2) is 9.46. The fourth-order valence-corrected chi connectivity index (χ4v) is 24.9. The molecule has 4 aromatic carbocycles. The molecule has 0 bridgehead atoms. The fraction of sp³-hybridized carbons (Fsp3) is 0.0968. The van der Waals surface area contributed by atoms with Crippen LogP contribution in [0.3, 0.4) is 0 Å². The van der Waals surface area contributed by atoms with Crippen molar-refractivity contribution in [2.45, 2.75) is 14.7 Å². The average Bonchev–Trinajstić information content (AvgIpc) is 3.53. The molecule has 0 nitrogen and oxygen atoms in total. The molecule has 0 aliphatic heterocycles. The Morgan fingerprint density at radius 1 is 0.588 bits per heavy atom. The Hall–Kier alpha value is -2.18. The number of hydrogen-bond acceptors (Lipinski definition) is 0. The Bertz CT molecular complexity index is 1290. The Morgan fingerprint density at radius 2 is 1.03 bits per heavy atom. The van der Waals surface area contributed by atoms with Crippen LogP contribution in [0, 0.1) is 0 Å².